The van der Waals surface area contributed by atoms with Crippen LogP contribution in [0.25, 0.3) is 28.0 Å². The highest BCUT2D eigenvalue weighted by molar-refractivity contribution is 5.92. The molecule has 0 radical (unpaired) electrons. The summed E-state index contributed by atoms with van der Waals surface area (Å²) in [5.74, 6) is -1.43. The van der Waals surface area contributed by atoms with Gasteiger partial charge in [0.1, 0.15) is 23.1 Å². The monoisotopic (exact) mass is 586 g/mol. The van der Waals surface area contributed by atoms with Crippen LogP contribution in [0.2, 0.25) is 0 Å². The number of hydrogen-bond acceptors (Lipinski definition) is 8. The Labute approximate surface area is 247 Å². The fourth-order valence-electron chi connectivity index (χ4n) is 5.81. The summed E-state index contributed by atoms with van der Waals surface area (Å²) in [6.45, 7) is 11.4. The maximum absolute atomic E-state index is 16.0. The van der Waals surface area contributed by atoms with Gasteiger partial charge in [0.05, 0.1) is 22.5 Å². The summed E-state index contributed by atoms with van der Waals surface area (Å²) in [6.07, 6.45) is 2.94. The van der Waals surface area contributed by atoms with Gasteiger partial charge in [0.25, 0.3) is 0 Å². The molecule has 1 amide bonds. The minimum atomic E-state index is -0.756. The van der Waals surface area contributed by atoms with Crippen LogP contribution >= 0.6 is 0 Å². The first kappa shape index (κ1) is 28.3. The number of carbonyl (C=O) groups excluding carboxylic acids is 1. The third-order valence-electron chi connectivity index (χ3n) is 7.90. The van der Waals surface area contributed by atoms with Crippen molar-refractivity contribution in [2.24, 2.45) is 0 Å². The van der Waals surface area contributed by atoms with E-state index in [-0.39, 0.29) is 46.0 Å². The third kappa shape index (κ3) is 4.96. The van der Waals surface area contributed by atoms with Crippen LogP contribution in [0, 0.1) is 11.6 Å². The SMILES string of the molecule is C=CC(=O)N1CCN(c2nc(=O)n3c4nc(c(F)cc24)-c2cc(ccc2F)NCCNc2ccnc(C(C)C)c2-3)[C@@H](C)C1. The van der Waals surface area contributed by atoms with E-state index in [2.05, 4.69) is 32.2 Å². The van der Waals surface area contributed by atoms with E-state index in [0.717, 1.165) is 0 Å². The van der Waals surface area contributed by atoms with Crippen LogP contribution in [0.4, 0.5) is 26.0 Å². The molecule has 1 saturated heterocycles. The lowest BCUT2D eigenvalue weighted by Crippen LogP contribution is -2.54. The Morgan fingerprint density at radius 1 is 1.09 bits per heavy atom. The molecule has 10 nitrogen and oxygen atoms in total. The summed E-state index contributed by atoms with van der Waals surface area (Å²) in [6, 6.07) is 7.16. The molecule has 0 unspecified atom stereocenters. The second-order valence-corrected chi connectivity index (χ2v) is 11.1. The molecule has 4 aromatic rings. The number of anilines is 3. The number of halogens is 2. The first-order valence-electron chi connectivity index (χ1n) is 14.3. The summed E-state index contributed by atoms with van der Waals surface area (Å²) < 4.78 is 32.6. The number of fused-ring (bicyclic) bond motifs is 6. The van der Waals surface area contributed by atoms with Crippen molar-refractivity contribution in [2.75, 3.05) is 48.3 Å². The van der Waals surface area contributed by atoms with Crippen LogP contribution < -0.4 is 21.2 Å². The van der Waals surface area contributed by atoms with Crippen LogP contribution in [0.5, 0.6) is 0 Å². The normalized spacial score (nSPS) is 16.6. The number of nitrogens with zero attached hydrogens (tertiary/aromatic N) is 6. The van der Waals surface area contributed by atoms with E-state index >= 15 is 8.78 Å². The highest BCUT2D eigenvalue weighted by atomic mass is 19.1. The molecule has 3 aromatic heterocycles. The molecule has 1 atom stereocenters. The molecule has 2 aliphatic heterocycles. The molecule has 5 heterocycles. The lowest BCUT2D eigenvalue weighted by molar-refractivity contribution is -0.126. The number of benzene rings is 1. The molecule has 6 rings (SSSR count). The average molecular weight is 587 g/mol. The standard InChI is InChI=1S/C31H32F2N8O2/c1-5-25(42)39-12-13-40(18(4)16-39)29-21-15-23(33)27-20-14-19(6-7-22(20)32)34-10-11-35-24-8-9-36-26(17(2)3)28(24)41(30(21)37-27)31(43)38-29/h5-9,14-15,17-18,34-35H,1,10-13,16H2,2-4H3/t18-/m0/s1. The molecule has 0 aliphatic carbocycles. The van der Waals surface area contributed by atoms with E-state index in [0.29, 0.717) is 55.5 Å². The van der Waals surface area contributed by atoms with Crippen molar-refractivity contribution in [3.05, 3.63) is 77.0 Å². The predicted molar refractivity (Wildman–Crippen MR) is 163 cm³/mol. The van der Waals surface area contributed by atoms with Crippen LogP contribution in [-0.2, 0) is 4.79 Å². The summed E-state index contributed by atoms with van der Waals surface area (Å²) in [4.78, 5) is 43.7. The zero-order chi connectivity index (χ0) is 30.4. The Bertz CT molecular complexity index is 1820. The molecular weight excluding hydrogens is 554 g/mol. The Morgan fingerprint density at radius 2 is 1.88 bits per heavy atom. The lowest BCUT2D eigenvalue weighted by atomic mass is 10.1. The maximum atomic E-state index is 16.0. The average Bonchev–Trinajstić information content (AvgIpc) is 3.00. The summed E-state index contributed by atoms with van der Waals surface area (Å²) in [5.41, 5.74) is 1.54. The Balaban J connectivity index is 1.67. The second-order valence-electron chi connectivity index (χ2n) is 11.1. The molecule has 1 fully saturated rings. The maximum Gasteiger partial charge on any atom is 0.355 e. The molecule has 4 bridgehead atoms. The Morgan fingerprint density at radius 3 is 2.63 bits per heavy atom. The fourth-order valence-corrected chi connectivity index (χ4v) is 5.81. The van der Waals surface area contributed by atoms with Crippen molar-refractivity contribution in [3.8, 4) is 16.9 Å². The van der Waals surface area contributed by atoms with Gasteiger partial charge in [-0.25, -0.2) is 23.1 Å². The highest BCUT2D eigenvalue weighted by Gasteiger charge is 2.31. The van der Waals surface area contributed by atoms with Gasteiger partial charge in [-0.05, 0) is 49.2 Å². The summed E-state index contributed by atoms with van der Waals surface area (Å²) in [7, 11) is 0. The highest BCUT2D eigenvalue weighted by Crippen LogP contribution is 2.36. The van der Waals surface area contributed by atoms with Crippen molar-refractivity contribution in [1.29, 1.82) is 0 Å². The van der Waals surface area contributed by atoms with Crippen LogP contribution in [-0.4, -0.2) is 69.1 Å². The van der Waals surface area contributed by atoms with Gasteiger partial charge < -0.3 is 20.4 Å². The number of pyridine rings is 2. The predicted octanol–water partition coefficient (Wildman–Crippen LogP) is 4.30. The van der Waals surface area contributed by atoms with Gasteiger partial charge in [0.2, 0.25) is 5.91 Å². The van der Waals surface area contributed by atoms with Crippen molar-refractivity contribution in [3.63, 3.8) is 0 Å². The van der Waals surface area contributed by atoms with E-state index in [1.807, 2.05) is 25.7 Å². The summed E-state index contributed by atoms with van der Waals surface area (Å²) in [5, 5.41) is 6.91. The molecule has 43 heavy (non-hydrogen) atoms. The molecule has 2 N–H and O–H groups in total. The third-order valence-corrected chi connectivity index (χ3v) is 7.90. The van der Waals surface area contributed by atoms with Crippen molar-refractivity contribution < 1.29 is 13.6 Å². The van der Waals surface area contributed by atoms with E-state index in [4.69, 9.17) is 0 Å². The number of piperazine rings is 1. The molecule has 12 heteroatoms. The van der Waals surface area contributed by atoms with E-state index in [1.54, 1.807) is 23.2 Å². The molecule has 0 saturated carbocycles. The van der Waals surface area contributed by atoms with Gasteiger partial charge in [-0.2, -0.15) is 4.98 Å². The van der Waals surface area contributed by atoms with Crippen LogP contribution in [0.1, 0.15) is 32.4 Å². The van der Waals surface area contributed by atoms with Gasteiger partial charge in [0, 0.05) is 56.2 Å². The second kappa shape index (κ2) is 11.1. The lowest BCUT2D eigenvalue weighted by Gasteiger charge is -2.40. The zero-order valence-corrected chi connectivity index (χ0v) is 24.2. The van der Waals surface area contributed by atoms with E-state index < -0.39 is 17.3 Å². The van der Waals surface area contributed by atoms with Gasteiger partial charge in [0.15, 0.2) is 5.65 Å². The summed E-state index contributed by atoms with van der Waals surface area (Å²) >= 11 is 0. The van der Waals surface area contributed by atoms with E-state index in [1.165, 1.54) is 28.8 Å². The molecular formula is C31H32F2N8O2. The van der Waals surface area contributed by atoms with Crippen LogP contribution in [0.15, 0.2) is 54.0 Å². The molecule has 0 spiro atoms. The number of aromatic nitrogens is 4. The molecule has 1 aromatic carbocycles. The van der Waals surface area contributed by atoms with Crippen LogP contribution in [0.3, 0.4) is 0 Å². The topological polar surface area (TPSA) is 108 Å². The fraction of sp³-hybridized carbons (Fsp3) is 0.323. The number of rotatable bonds is 3. The number of amides is 1. The Hall–Kier alpha value is -4.87. The van der Waals surface area contributed by atoms with Gasteiger partial charge in [-0.3, -0.25) is 9.78 Å². The van der Waals surface area contributed by atoms with Gasteiger partial charge in [-0.15, -0.1) is 0 Å². The van der Waals surface area contributed by atoms with Gasteiger partial charge >= 0.3 is 5.69 Å². The first-order valence-corrected chi connectivity index (χ1v) is 14.3. The smallest absolute Gasteiger partial charge is 0.355 e. The van der Waals surface area contributed by atoms with E-state index in [9.17, 15) is 9.59 Å². The number of nitrogens with one attached hydrogen (secondary N) is 2. The minimum Gasteiger partial charge on any atom is -0.383 e. The molecule has 222 valence electrons. The number of carbonyl (C=O) groups is 1. The largest absolute Gasteiger partial charge is 0.383 e. The Kier molecular flexibility index (Phi) is 7.28. The van der Waals surface area contributed by atoms with Gasteiger partial charge in [-0.1, -0.05) is 20.4 Å². The minimum absolute atomic E-state index is 0.0330. The quantitative estimate of drug-likeness (QED) is 0.342. The van der Waals surface area contributed by atoms with Crippen molar-refractivity contribution >= 4 is 34.1 Å². The number of hydrogen-bond donors (Lipinski definition) is 2. The molecule has 2 aliphatic rings. The van der Waals surface area contributed by atoms with Crippen molar-refractivity contribution in [2.45, 2.75) is 32.7 Å². The zero-order valence-electron chi connectivity index (χ0n) is 24.2. The van der Waals surface area contributed by atoms with Crippen molar-refractivity contribution in [1.82, 2.24) is 24.4 Å². The first-order chi connectivity index (χ1) is 20.7.